The molecular formula is C20H25ClN2OS. The number of benzene rings is 2. The minimum Gasteiger partial charge on any atom is -0.336 e. The lowest BCUT2D eigenvalue weighted by Crippen LogP contribution is -2.32. The Balaban J connectivity index is 0.00000225. The largest absolute Gasteiger partial charge is 0.336 e. The van der Waals surface area contributed by atoms with E-state index in [0.29, 0.717) is 13.1 Å². The van der Waals surface area contributed by atoms with Crippen LogP contribution < -0.4 is 5.73 Å². The summed E-state index contributed by atoms with van der Waals surface area (Å²) in [5.41, 5.74) is 9.53. The summed E-state index contributed by atoms with van der Waals surface area (Å²) in [6, 6.07) is 18.2. The van der Waals surface area contributed by atoms with E-state index >= 15 is 0 Å². The Morgan fingerprint density at radius 2 is 1.80 bits per heavy atom. The highest BCUT2D eigenvalue weighted by Gasteiger charge is 2.34. The maximum absolute atomic E-state index is 12.8. The van der Waals surface area contributed by atoms with Crippen LogP contribution in [0.15, 0.2) is 54.6 Å². The number of rotatable bonds is 5. The zero-order valence-corrected chi connectivity index (χ0v) is 16.1. The van der Waals surface area contributed by atoms with Crippen LogP contribution in [0.4, 0.5) is 0 Å². The maximum Gasteiger partial charge on any atom is 0.253 e. The van der Waals surface area contributed by atoms with Gasteiger partial charge in [-0.2, -0.15) is 11.8 Å². The van der Waals surface area contributed by atoms with E-state index in [-0.39, 0.29) is 30.3 Å². The second-order valence-electron chi connectivity index (χ2n) is 6.23. The fourth-order valence-corrected chi connectivity index (χ4v) is 3.83. The molecule has 3 nitrogen and oxygen atoms in total. The Kier molecular flexibility index (Phi) is 7.36. The summed E-state index contributed by atoms with van der Waals surface area (Å²) < 4.78 is 0. The normalized spacial score (nSPS) is 19.5. The lowest BCUT2D eigenvalue weighted by molar-refractivity contribution is 0.0789. The molecule has 2 aromatic carbocycles. The molecule has 0 radical (unpaired) electrons. The Morgan fingerprint density at radius 1 is 1.12 bits per heavy atom. The number of carbonyl (C=O) groups is 1. The maximum atomic E-state index is 12.8. The number of nitrogens with zero attached hydrogens (tertiary/aromatic N) is 1. The lowest BCUT2D eigenvalue weighted by atomic mass is 9.95. The van der Waals surface area contributed by atoms with Gasteiger partial charge >= 0.3 is 0 Å². The molecule has 1 fully saturated rings. The van der Waals surface area contributed by atoms with Gasteiger partial charge in [-0.05, 0) is 29.0 Å². The summed E-state index contributed by atoms with van der Waals surface area (Å²) in [6.45, 7) is 3.46. The Hall–Kier alpha value is -1.49. The first-order chi connectivity index (χ1) is 11.7. The standard InChI is InChI=1S/C20H24N2OS.ClH/c1-2-24-14-15-8-10-17(11-9-15)20(23)22-12-18(19(21)13-22)16-6-4-3-5-7-16;/h3-11,18-19H,2,12-14,21H2,1H3;1H/t18-,19+;/m0./s1. The molecule has 134 valence electrons. The van der Waals surface area contributed by atoms with E-state index < -0.39 is 0 Å². The first kappa shape index (κ1) is 19.8. The van der Waals surface area contributed by atoms with E-state index in [9.17, 15) is 4.79 Å². The van der Waals surface area contributed by atoms with E-state index in [1.165, 1.54) is 11.1 Å². The molecule has 2 atom stereocenters. The fourth-order valence-electron chi connectivity index (χ4n) is 3.19. The minimum atomic E-state index is -0.00317. The van der Waals surface area contributed by atoms with Crippen LogP contribution in [0, 0.1) is 0 Å². The van der Waals surface area contributed by atoms with E-state index in [1.807, 2.05) is 47.0 Å². The molecule has 0 saturated carbocycles. The van der Waals surface area contributed by atoms with Crippen molar-refractivity contribution in [1.82, 2.24) is 4.90 Å². The van der Waals surface area contributed by atoms with Crippen molar-refractivity contribution < 1.29 is 4.79 Å². The molecule has 0 aromatic heterocycles. The first-order valence-corrected chi connectivity index (χ1v) is 9.61. The average molecular weight is 377 g/mol. The predicted octanol–water partition coefficient (Wildman–Crippen LogP) is 3.93. The molecule has 2 N–H and O–H groups in total. The second-order valence-corrected chi connectivity index (χ2v) is 7.50. The minimum absolute atomic E-state index is 0. The molecule has 25 heavy (non-hydrogen) atoms. The summed E-state index contributed by atoms with van der Waals surface area (Å²) in [4.78, 5) is 14.6. The summed E-state index contributed by atoms with van der Waals surface area (Å²) in [6.07, 6.45) is 0. The second kappa shape index (κ2) is 9.27. The van der Waals surface area contributed by atoms with Gasteiger partial charge < -0.3 is 10.6 Å². The van der Waals surface area contributed by atoms with Gasteiger partial charge in [0.05, 0.1) is 0 Å². The third kappa shape index (κ3) is 4.78. The van der Waals surface area contributed by atoms with Gasteiger partial charge in [0.1, 0.15) is 0 Å². The molecule has 1 amide bonds. The molecule has 0 bridgehead atoms. The van der Waals surface area contributed by atoms with E-state index in [4.69, 9.17) is 5.73 Å². The Bertz CT molecular complexity index is 678. The number of carbonyl (C=O) groups excluding carboxylic acids is 1. The summed E-state index contributed by atoms with van der Waals surface area (Å²) in [5, 5.41) is 0. The van der Waals surface area contributed by atoms with Crippen LogP contribution in [0.2, 0.25) is 0 Å². The van der Waals surface area contributed by atoms with Gasteiger partial charge in [-0.1, -0.05) is 49.4 Å². The van der Waals surface area contributed by atoms with E-state index in [0.717, 1.165) is 17.1 Å². The van der Waals surface area contributed by atoms with Gasteiger partial charge in [0.15, 0.2) is 0 Å². The Morgan fingerprint density at radius 3 is 2.44 bits per heavy atom. The van der Waals surface area contributed by atoms with Crippen LogP contribution in [0.3, 0.4) is 0 Å². The van der Waals surface area contributed by atoms with Crippen molar-refractivity contribution in [2.75, 3.05) is 18.8 Å². The zero-order valence-electron chi connectivity index (χ0n) is 14.4. The number of halogens is 1. The number of amides is 1. The van der Waals surface area contributed by atoms with Crippen LogP contribution in [-0.2, 0) is 5.75 Å². The molecule has 1 heterocycles. The fraction of sp³-hybridized carbons (Fsp3) is 0.350. The Labute approximate surface area is 160 Å². The van der Waals surface area contributed by atoms with Crippen molar-refractivity contribution in [2.24, 2.45) is 5.73 Å². The highest BCUT2D eigenvalue weighted by molar-refractivity contribution is 7.98. The van der Waals surface area contributed by atoms with Crippen molar-refractivity contribution in [3.63, 3.8) is 0 Å². The number of nitrogens with two attached hydrogens (primary N) is 1. The van der Waals surface area contributed by atoms with Crippen LogP contribution in [0.5, 0.6) is 0 Å². The average Bonchev–Trinajstić information content (AvgIpc) is 3.02. The van der Waals surface area contributed by atoms with E-state index in [2.05, 4.69) is 31.2 Å². The number of hydrogen-bond acceptors (Lipinski definition) is 3. The molecule has 3 rings (SSSR count). The molecule has 1 saturated heterocycles. The van der Waals surface area contributed by atoms with Crippen LogP contribution in [0.1, 0.15) is 34.3 Å². The lowest BCUT2D eigenvalue weighted by Gasteiger charge is -2.17. The summed E-state index contributed by atoms with van der Waals surface area (Å²) in [5.74, 6) is 2.40. The van der Waals surface area contributed by atoms with Crippen molar-refractivity contribution in [1.29, 1.82) is 0 Å². The number of thioether (sulfide) groups is 1. The highest BCUT2D eigenvalue weighted by atomic mass is 35.5. The third-order valence-corrected chi connectivity index (χ3v) is 5.50. The molecular weight excluding hydrogens is 352 g/mol. The van der Waals surface area contributed by atoms with Gasteiger partial charge in [-0.25, -0.2) is 0 Å². The first-order valence-electron chi connectivity index (χ1n) is 8.45. The van der Waals surface area contributed by atoms with Crippen molar-refractivity contribution in [2.45, 2.75) is 24.6 Å². The monoisotopic (exact) mass is 376 g/mol. The summed E-state index contributed by atoms with van der Waals surface area (Å²) in [7, 11) is 0. The smallest absolute Gasteiger partial charge is 0.253 e. The van der Waals surface area contributed by atoms with Gasteiger partial charge in [0, 0.05) is 36.4 Å². The van der Waals surface area contributed by atoms with Crippen LogP contribution >= 0.6 is 24.2 Å². The molecule has 0 spiro atoms. The van der Waals surface area contributed by atoms with Crippen molar-refractivity contribution in [3.8, 4) is 0 Å². The van der Waals surface area contributed by atoms with Gasteiger partial charge in [-0.3, -0.25) is 4.79 Å². The third-order valence-electron chi connectivity index (χ3n) is 4.55. The topological polar surface area (TPSA) is 46.3 Å². The molecule has 0 aliphatic carbocycles. The van der Waals surface area contributed by atoms with Crippen LogP contribution in [0.25, 0.3) is 0 Å². The van der Waals surface area contributed by atoms with E-state index in [1.54, 1.807) is 0 Å². The SMILES string of the molecule is CCSCc1ccc(C(=O)N2C[C@@H](N)[C@H](c3ccccc3)C2)cc1.Cl. The molecule has 1 aliphatic rings. The van der Waals surface area contributed by atoms with Crippen LogP contribution in [-0.4, -0.2) is 35.7 Å². The van der Waals surface area contributed by atoms with Gasteiger partial charge in [0.25, 0.3) is 5.91 Å². The number of hydrogen-bond donors (Lipinski definition) is 1. The highest BCUT2D eigenvalue weighted by Crippen LogP contribution is 2.27. The van der Waals surface area contributed by atoms with Gasteiger partial charge in [0.2, 0.25) is 0 Å². The molecule has 0 unspecified atom stereocenters. The predicted molar refractivity (Wildman–Crippen MR) is 109 cm³/mol. The molecule has 2 aromatic rings. The van der Waals surface area contributed by atoms with Gasteiger partial charge in [-0.15, -0.1) is 12.4 Å². The number of likely N-dealkylation sites (tertiary alicyclic amines) is 1. The summed E-state index contributed by atoms with van der Waals surface area (Å²) >= 11 is 1.89. The zero-order chi connectivity index (χ0) is 16.9. The van der Waals surface area contributed by atoms with Crippen molar-refractivity contribution >= 4 is 30.1 Å². The quantitative estimate of drug-likeness (QED) is 0.859. The van der Waals surface area contributed by atoms with Crippen molar-refractivity contribution in [3.05, 3.63) is 71.3 Å². The molecule has 5 heteroatoms. The molecule has 1 aliphatic heterocycles.